The van der Waals surface area contributed by atoms with E-state index < -0.39 is 0 Å². The van der Waals surface area contributed by atoms with Crippen LogP contribution in [0.1, 0.15) is 30.7 Å². The molecule has 1 aromatic carbocycles. The van der Waals surface area contributed by atoms with Crippen LogP contribution in [0, 0.1) is 0 Å². The Hall–Kier alpha value is -2.40. The first-order chi connectivity index (χ1) is 10.4. The Morgan fingerprint density at radius 3 is 2.62 bits per heavy atom. The fourth-order valence-electron chi connectivity index (χ4n) is 2.02. The van der Waals surface area contributed by atoms with Gasteiger partial charge in [-0.15, -0.1) is 0 Å². The van der Waals surface area contributed by atoms with Crippen molar-refractivity contribution in [3.05, 3.63) is 59.9 Å². The minimum absolute atomic E-state index is 0.339. The zero-order chi connectivity index (χ0) is 14.5. The maximum absolute atomic E-state index is 5.56. The van der Waals surface area contributed by atoms with E-state index in [2.05, 4.69) is 22.4 Å². The normalized spacial score (nSPS) is 17.2. The number of rotatable bonds is 5. The summed E-state index contributed by atoms with van der Waals surface area (Å²) < 4.78 is 5.56. The average molecular weight is 283 g/mol. The lowest BCUT2D eigenvalue weighted by atomic mass is 10.2. The lowest BCUT2D eigenvalue weighted by Crippen LogP contribution is -2.17. The molecule has 0 saturated heterocycles. The molecule has 0 aliphatic carbocycles. The minimum atomic E-state index is -0.339. The van der Waals surface area contributed by atoms with Crippen molar-refractivity contribution in [1.82, 2.24) is 10.5 Å². The molecule has 2 aromatic rings. The van der Waals surface area contributed by atoms with E-state index in [1.165, 1.54) is 0 Å². The summed E-state index contributed by atoms with van der Waals surface area (Å²) in [6.45, 7) is 2.81. The van der Waals surface area contributed by atoms with Gasteiger partial charge >= 0.3 is 0 Å². The monoisotopic (exact) mass is 283 g/mol. The van der Waals surface area contributed by atoms with Crippen molar-refractivity contribution in [3.63, 3.8) is 0 Å². The molecule has 3 rings (SSSR count). The molecule has 0 amide bonds. The third-order valence-corrected chi connectivity index (χ3v) is 3.11. The van der Waals surface area contributed by atoms with Gasteiger partial charge in [0.05, 0.1) is 6.61 Å². The number of hydroxylamine groups is 1. The molecule has 5 nitrogen and oxygen atoms in total. The van der Waals surface area contributed by atoms with Gasteiger partial charge in [-0.1, -0.05) is 19.1 Å². The first kappa shape index (κ1) is 13.6. The molecule has 0 spiro atoms. The van der Waals surface area contributed by atoms with Crippen LogP contribution in [0.2, 0.25) is 0 Å². The molecule has 1 unspecified atom stereocenters. The van der Waals surface area contributed by atoms with Crippen molar-refractivity contribution >= 4 is 5.84 Å². The van der Waals surface area contributed by atoms with Crippen molar-refractivity contribution in [1.29, 1.82) is 0 Å². The summed E-state index contributed by atoms with van der Waals surface area (Å²) in [5.41, 5.74) is 4.80. The fourth-order valence-corrected chi connectivity index (χ4v) is 2.02. The predicted octanol–water partition coefficient (Wildman–Crippen LogP) is 2.85. The number of aliphatic imine (C=N–C) groups is 1. The van der Waals surface area contributed by atoms with E-state index in [9.17, 15) is 0 Å². The van der Waals surface area contributed by atoms with Crippen LogP contribution < -0.4 is 10.2 Å². The van der Waals surface area contributed by atoms with E-state index in [1.807, 2.05) is 36.4 Å². The Balaban J connectivity index is 1.72. The highest BCUT2D eigenvalue weighted by Crippen LogP contribution is 2.25. The molecule has 108 valence electrons. The number of nitrogens with zero attached hydrogens (tertiary/aromatic N) is 2. The van der Waals surface area contributed by atoms with Crippen LogP contribution >= 0.6 is 0 Å². The van der Waals surface area contributed by atoms with Crippen LogP contribution in [0.5, 0.6) is 5.75 Å². The molecule has 1 aliphatic rings. The largest absolute Gasteiger partial charge is 0.494 e. The van der Waals surface area contributed by atoms with E-state index >= 15 is 0 Å². The molecule has 0 saturated carbocycles. The Morgan fingerprint density at radius 2 is 1.90 bits per heavy atom. The van der Waals surface area contributed by atoms with Crippen LogP contribution in [0.3, 0.4) is 0 Å². The summed E-state index contributed by atoms with van der Waals surface area (Å²) in [5, 5.41) is 0. The molecule has 21 heavy (non-hydrogen) atoms. The highest BCUT2D eigenvalue weighted by atomic mass is 16.7. The highest BCUT2D eigenvalue weighted by Gasteiger charge is 2.20. The number of hydrogen-bond acceptors (Lipinski definition) is 5. The second-order valence-electron chi connectivity index (χ2n) is 4.70. The molecule has 2 heterocycles. The van der Waals surface area contributed by atoms with Crippen LogP contribution in [0.15, 0.2) is 53.8 Å². The van der Waals surface area contributed by atoms with Gasteiger partial charge in [0.1, 0.15) is 5.75 Å². The van der Waals surface area contributed by atoms with E-state index in [4.69, 9.17) is 9.57 Å². The maximum atomic E-state index is 5.56. The molecule has 0 radical (unpaired) electrons. The van der Waals surface area contributed by atoms with Crippen molar-refractivity contribution in [2.75, 3.05) is 6.61 Å². The van der Waals surface area contributed by atoms with Gasteiger partial charge in [-0.05, 0) is 30.7 Å². The van der Waals surface area contributed by atoms with Crippen molar-refractivity contribution in [2.45, 2.75) is 19.6 Å². The number of ether oxygens (including phenoxy) is 1. The van der Waals surface area contributed by atoms with Gasteiger partial charge in [-0.3, -0.25) is 4.98 Å². The summed E-state index contributed by atoms with van der Waals surface area (Å²) in [6.07, 6.45) is 4.12. The summed E-state index contributed by atoms with van der Waals surface area (Å²) in [4.78, 5) is 14.0. The van der Waals surface area contributed by atoms with Crippen molar-refractivity contribution < 1.29 is 9.57 Å². The van der Waals surface area contributed by atoms with Crippen molar-refractivity contribution in [2.24, 2.45) is 4.99 Å². The van der Waals surface area contributed by atoms with Crippen LogP contribution in [0.25, 0.3) is 0 Å². The SMILES string of the molecule is CCCOc1ccc(C2N=C(c3ccncc3)NO2)cc1. The van der Waals surface area contributed by atoms with Crippen LogP contribution in [-0.2, 0) is 4.84 Å². The number of benzene rings is 1. The van der Waals surface area contributed by atoms with Gasteiger partial charge in [0.15, 0.2) is 5.84 Å². The number of pyridine rings is 1. The van der Waals surface area contributed by atoms with E-state index in [0.717, 1.165) is 29.9 Å². The first-order valence-corrected chi connectivity index (χ1v) is 6.99. The number of amidine groups is 1. The zero-order valence-electron chi connectivity index (χ0n) is 11.8. The maximum Gasteiger partial charge on any atom is 0.202 e. The first-order valence-electron chi connectivity index (χ1n) is 6.99. The average Bonchev–Trinajstić information content (AvgIpc) is 3.04. The van der Waals surface area contributed by atoms with Gasteiger partial charge in [-0.2, -0.15) is 0 Å². The third-order valence-electron chi connectivity index (χ3n) is 3.11. The Bertz CT molecular complexity index is 611. The smallest absolute Gasteiger partial charge is 0.202 e. The van der Waals surface area contributed by atoms with Crippen LogP contribution in [-0.4, -0.2) is 17.4 Å². The van der Waals surface area contributed by atoms with Gasteiger partial charge < -0.3 is 4.74 Å². The zero-order valence-corrected chi connectivity index (χ0v) is 11.8. The summed E-state index contributed by atoms with van der Waals surface area (Å²) in [7, 11) is 0. The third kappa shape index (κ3) is 3.20. The second-order valence-corrected chi connectivity index (χ2v) is 4.70. The van der Waals surface area contributed by atoms with E-state index in [-0.39, 0.29) is 6.23 Å². The molecule has 5 heteroatoms. The molecule has 1 atom stereocenters. The van der Waals surface area contributed by atoms with Crippen LogP contribution in [0.4, 0.5) is 0 Å². The van der Waals surface area contributed by atoms with E-state index in [1.54, 1.807) is 12.4 Å². The number of nitrogens with one attached hydrogen (secondary N) is 1. The minimum Gasteiger partial charge on any atom is -0.494 e. The standard InChI is InChI=1S/C16H17N3O2/c1-2-11-20-14-5-3-13(4-6-14)16-18-15(19-21-16)12-7-9-17-10-8-12/h3-10,16H,2,11H2,1H3,(H,18,19). The molecule has 1 N–H and O–H groups in total. The molecule has 0 fully saturated rings. The number of hydrogen-bond donors (Lipinski definition) is 1. The highest BCUT2D eigenvalue weighted by molar-refractivity contribution is 5.98. The van der Waals surface area contributed by atoms with Gasteiger partial charge in [0.2, 0.25) is 6.23 Å². The predicted molar refractivity (Wildman–Crippen MR) is 80.0 cm³/mol. The topological polar surface area (TPSA) is 55.7 Å². The second kappa shape index (κ2) is 6.37. The van der Waals surface area contributed by atoms with Gasteiger partial charge in [0, 0.05) is 23.5 Å². The molecular formula is C16H17N3O2. The Morgan fingerprint density at radius 1 is 1.14 bits per heavy atom. The Labute approximate surface area is 123 Å². The van der Waals surface area contributed by atoms with Gasteiger partial charge in [0.25, 0.3) is 0 Å². The fraction of sp³-hybridized carbons (Fsp3) is 0.250. The Kier molecular flexibility index (Phi) is 4.12. The molecule has 1 aliphatic heterocycles. The van der Waals surface area contributed by atoms with Crippen molar-refractivity contribution in [3.8, 4) is 5.75 Å². The molecule has 0 bridgehead atoms. The lowest BCUT2D eigenvalue weighted by Gasteiger charge is -2.08. The molecule has 1 aromatic heterocycles. The lowest BCUT2D eigenvalue weighted by molar-refractivity contribution is 0.0376. The van der Waals surface area contributed by atoms with E-state index in [0.29, 0.717) is 5.84 Å². The summed E-state index contributed by atoms with van der Waals surface area (Å²) in [6, 6.07) is 11.6. The quantitative estimate of drug-likeness (QED) is 0.916. The molecular weight excluding hydrogens is 266 g/mol. The van der Waals surface area contributed by atoms with Gasteiger partial charge in [-0.25, -0.2) is 15.3 Å². The summed E-state index contributed by atoms with van der Waals surface area (Å²) in [5.74, 6) is 1.58. The summed E-state index contributed by atoms with van der Waals surface area (Å²) >= 11 is 0. The number of aromatic nitrogens is 1.